The molecule has 0 amide bonds. The van der Waals surface area contributed by atoms with Crippen LogP contribution >= 0.6 is 0 Å². The Kier molecular flexibility index (Phi) is 4.52. The van der Waals surface area contributed by atoms with Gasteiger partial charge in [0, 0.05) is 24.2 Å². The summed E-state index contributed by atoms with van der Waals surface area (Å²) in [6, 6.07) is 15.0. The maximum atomic E-state index is 5.58. The fourth-order valence-electron chi connectivity index (χ4n) is 4.58. The first-order chi connectivity index (χ1) is 13.8. The highest BCUT2D eigenvalue weighted by molar-refractivity contribution is 5.82. The zero-order valence-corrected chi connectivity index (χ0v) is 16.4. The topological polar surface area (TPSA) is 25.4 Å². The molecule has 3 heterocycles. The van der Waals surface area contributed by atoms with Gasteiger partial charge in [-0.3, -0.25) is 0 Å². The van der Waals surface area contributed by atoms with E-state index in [1.54, 1.807) is 0 Å². The smallest absolute Gasteiger partial charge is 0.120 e. The van der Waals surface area contributed by atoms with Crippen LogP contribution in [-0.2, 0) is 12.8 Å². The summed E-state index contributed by atoms with van der Waals surface area (Å²) in [5, 5.41) is 1.11. The van der Waals surface area contributed by atoms with Gasteiger partial charge in [0.25, 0.3) is 0 Å². The van der Waals surface area contributed by atoms with E-state index in [1.807, 2.05) is 19.1 Å². The molecule has 0 radical (unpaired) electrons. The average molecular weight is 370 g/mol. The largest absolute Gasteiger partial charge is 0.494 e. The van der Waals surface area contributed by atoms with E-state index in [1.165, 1.54) is 61.2 Å². The zero-order chi connectivity index (χ0) is 18.9. The van der Waals surface area contributed by atoms with Gasteiger partial charge in [-0.2, -0.15) is 0 Å². The highest BCUT2D eigenvalue weighted by atomic mass is 16.5. The Morgan fingerprint density at radius 1 is 0.964 bits per heavy atom. The van der Waals surface area contributed by atoms with Crippen molar-refractivity contribution in [1.82, 2.24) is 4.98 Å². The van der Waals surface area contributed by atoms with Gasteiger partial charge in [-0.1, -0.05) is 12.1 Å². The van der Waals surface area contributed by atoms with E-state index < -0.39 is 0 Å². The Morgan fingerprint density at radius 2 is 1.75 bits per heavy atom. The Morgan fingerprint density at radius 3 is 2.50 bits per heavy atom. The lowest BCUT2D eigenvalue weighted by Gasteiger charge is -2.37. The number of anilines is 1. The van der Waals surface area contributed by atoms with Crippen LogP contribution in [0.15, 0.2) is 42.5 Å². The van der Waals surface area contributed by atoms with Gasteiger partial charge < -0.3 is 9.64 Å². The first kappa shape index (κ1) is 17.3. The monoisotopic (exact) mass is 370 g/mol. The van der Waals surface area contributed by atoms with Crippen LogP contribution in [0.4, 0.5) is 5.69 Å². The summed E-state index contributed by atoms with van der Waals surface area (Å²) in [6.45, 7) is 5.13. The molecule has 142 valence electrons. The number of hydrogen-bond donors (Lipinski definition) is 0. The van der Waals surface area contributed by atoms with Gasteiger partial charge in [-0.25, -0.2) is 4.98 Å². The minimum atomic E-state index is 0.681. The molecule has 2 aromatic carbocycles. The fourth-order valence-corrected chi connectivity index (χ4v) is 4.58. The van der Waals surface area contributed by atoms with Gasteiger partial charge in [-0.15, -0.1) is 0 Å². The number of ether oxygens (including phenoxy) is 1. The third-order valence-electron chi connectivity index (χ3n) is 5.79. The number of fused-ring (bicyclic) bond motifs is 1. The summed E-state index contributed by atoms with van der Waals surface area (Å²) < 4.78 is 5.58. The van der Waals surface area contributed by atoms with Gasteiger partial charge in [0.2, 0.25) is 0 Å². The van der Waals surface area contributed by atoms with Crippen molar-refractivity contribution in [3.8, 4) is 5.75 Å². The first-order valence-electron chi connectivity index (χ1n) is 10.4. The van der Waals surface area contributed by atoms with Gasteiger partial charge >= 0.3 is 0 Å². The third-order valence-corrected chi connectivity index (χ3v) is 5.79. The molecular weight excluding hydrogens is 344 g/mol. The van der Waals surface area contributed by atoms with Crippen molar-refractivity contribution < 1.29 is 4.74 Å². The molecule has 0 atom stereocenters. The van der Waals surface area contributed by atoms with Crippen LogP contribution in [0, 0.1) is 0 Å². The van der Waals surface area contributed by atoms with Crippen molar-refractivity contribution in [1.29, 1.82) is 0 Å². The Balaban J connectivity index is 1.44. The average Bonchev–Trinajstić information content (AvgIpc) is 2.73. The van der Waals surface area contributed by atoms with Crippen molar-refractivity contribution in [2.75, 3.05) is 24.6 Å². The number of nitrogens with zero attached hydrogens (tertiary/aromatic N) is 2. The van der Waals surface area contributed by atoms with Crippen LogP contribution in [0.5, 0.6) is 5.75 Å². The Labute approximate surface area is 166 Å². The standard InChI is InChI=1S/C25H26N2O/c1-2-28-23-11-12-24-19(17-23)8-10-22(26-24)9-7-18-15-20-5-3-13-27-14-4-6-21(16-18)25(20)27/h7-12,15-17H,2-6,13-14H2,1H3/b9-7-. The molecule has 3 nitrogen and oxygen atoms in total. The van der Waals surface area contributed by atoms with Crippen molar-refractivity contribution in [3.05, 3.63) is 64.8 Å². The fraction of sp³-hybridized carbons (Fsp3) is 0.320. The molecule has 0 bridgehead atoms. The third kappa shape index (κ3) is 3.26. The lowest BCUT2D eigenvalue weighted by Crippen LogP contribution is -2.34. The SMILES string of the molecule is CCOc1ccc2nc(/C=C\c3cc4c5c(c3)CCCN5CCC4)ccc2c1. The van der Waals surface area contributed by atoms with E-state index in [0.29, 0.717) is 6.61 Å². The van der Waals surface area contributed by atoms with Crippen molar-refractivity contribution in [3.63, 3.8) is 0 Å². The van der Waals surface area contributed by atoms with E-state index >= 15 is 0 Å². The maximum Gasteiger partial charge on any atom is 0.120 e. The van der Waals surface area contributed by atoms with E-state index in [-0.39, 0.29) is 0 Å². The predicted octanol–water partition coefficient (Wildman–Crippen LogP) is 5.50. The first-order valence-corrected chi connectivity index (χ1v) is 10.4. The van der Waals surface area contributed by atoms with Crippen LogP contribution in [0.3, 0.4) is 0 Å². The van der Waals surface area contributed by atoms with Gasteiger partial charge in [0.15, 0.2) is 0 Å². The summed E-state index contributed by atoms with van der Waals surface area (Å²) in [7, 11) is 0. The second-order valence-electron chi connectivity index (χ2n) is 7.74. The van der Waals surface area contributed by atoms with Crippen LogP contribution in [0.2, 0.25) is 0 Å². The molecule has 2 aliphatic rings. The molecule has 0 saturated carbocycles. The van der Waals surface area contributed by atoms with E-state index in [9.17, 15) is 0 Å². The van der Waals surface area contributed by atoms with E-state index in [0.717, 1.165) is 22.3 Å². The second-order valence-corrected chi connectivity index (χ2v) is 7.74. The van der Waals surface area contributed by atoms with Crippen LogP contribution in [0.25, 0.3) is 23.1 Å². The Bertz CT molecular complexity index is 1020. The van der Waals surface area contributed by atoms with Gasteiger partial charge in [-0.05, 0) is 91.8 Å². The highest BCUT2D eigenvalue weighted by Crippen LogP contribution is 2.36. The summed E-state index contributed by atoms with van der Waals surface area (Å²) >= 11 is 0. The molecule has 3 aromatic rings. The second kappa shape index (κ2) is 7.31. The number of rotatable bonds is 4. The quantitative estimate of drug-likeness (QED) is 0.606. The lowest BCUT2D eigenvalue weighted by atomic mass is 9.90. The van der Waals surface area contributed by atoms with Crippen LogP contribution in [-0.4, -0.2) is 24.7 Å². The molecule has 5 rings (SSSR count). The van der Waals surface area contributed by atoms with Crippen molar-refractivity contribution in [2.45, 2.75) is 32.6 Å². The minimum absolute atomic E-state index is 0.681. The highest BCUT2D eigenvalue weighted by Gasteiger charge is 2.23. The van der Waals surface area contributed by atoms with Gasteiger partial charge in [0.1, 0.15) is 5.75 Å². The van der Waals surface area contributed by atoms with E-state index in [4.69, 9.17) is 9.72 Å². The van der Waals surface area contributed by atoms with E-state index in [2.05, 4.69) is 47.4 Å². The molecular formula is C25H26N2O. The summed E-state index contributed by atoms with van der Waals surface area (Å²) in [5.74, 6) is 0.900. The molecule has 28 heavy (non-hydrogen) atoms. The predicted molar refractivity (Wildman–Crippen MR) is 117 cm³/mol. The molecule has 0 spiro atoms. The number of pyridine rings is 1. The van der Waals surface area contributed by atoms with Crippen molar-refractivity contribution >= 4 is 28.7 Å². The number of hydrogen-bond acceptors (Lipinski definition) is 3. The zero-order valence-electron chi connectivity index (χ0n) is 16.4. The molecule has 0 unspecified atom stereocenters. The summed E-state index contributed by atoms with van der Waals surface area (Å²) in [4.78, 5) is 7.38. The summed E-state index contributed by atoms with van der Waals surface area (Å²) in [5.41, 5.74) is 7.87. The molecule has 0 saturated heterocycles. The van der Waals surface area contributed by atoms with Crippen molar-refractivity contribution in [2.24, 2.45) is 0 Å². The lowest BCUT2D eigenvalue weighted by molar-refractivity contribution is 0.340. The molecule has 0 fully saturated rings. The van der Waals surface area contributed by atoms with Gasteiger partial charge in [0.05, 0.1) is 17.8 Å². The number of benzene rings is 2. The maximum absolute atomic E-state index is 5.58. The number of aryl methyl sites for hydroxylation is 2. The number of aromatic nitrogens is 1. The Hall–Kier alpha value is -2.81. The summed E-state index contributed by atoms with van der Waals surface area (Å²) in [6.07, 6.45) is 9.31. The molecule has 0 N–H and O–H groups in total. The van der Waals surface area contributed by atoms with Crippen LogP contribution in [0.1, 0.15) is 42.1 Å². The minimum Gasteiger partial charge on any atom is -0.494 e. The normalized spacial score (nSPS) is 15.8. The molecule has 2 aliphatic heterocycles. The molecule has 3 heteroatoms. The molecule has 0 aliphatic carbocycles. The molecule has 1 aromatic heterocycles. The van der Waals surface area contributed by atoms with Crippen LogP contribution < -0.4 is 9.64 Å².